The van der Waals surface area contributed by atoms with Crippen LogP contribution in [0, 0.1) is 5.92 Å². The molecule has 0 aromatic carbocycles. The van der Waals surface area contributed by atoms with E-state index in [1.807, 2.05) is 9.80 Å². The van der Waals surface area contributed by atoms with Gasteiger partial charge in [0.05, 0.1) is 12.8 Å². The molecule has 0 bridgehead atoms. The summed E-state index contributed by atoms with van der Waals surface area (Å²) in [5, 5.41) is 0. The number of furan rings is 1. The highest BCUT2D eigenvalue weighted by Crippen LogP contribution is 2.20. The third-order valence-corrected chi connectivity index (χ3v) is 5.14. The van der Waals surface area contributed by atoms with Gasteiger partial charge in [-0.15, -0.1) is 0 Å². The molecule has 2 amide bonds. The van der Waals surface area contributed by atoms with Crippen molar-refractivity contribution in [3.05, 3.63) is 24.2 Å². The van der Waals surface area contributed by atoms with E-state index in [1.165, 1.54) is 6.26 Å². The number of piperidine rings is 1. The van der Waals surface area contributed by atoms with E-state index in [-0.39, 0.29) is 23.5 Å². The van der Waals surface area contributed by atoms with Crippen LogP contribution in [0.3, 0.4) is 0 Å². The van der Waals surface area contributed by atoms with Crippen molar-refractivity contribution in [1.82, 2.24) is 14.7 Å². The highest BCUT2D eigenvalue weighted by atomic mass is 16.3. The van der Waals surface area contributed by atoms with Crippen LogP contribution in [-0.2, 0) is 9.59 Å². The standard InChI is InChI=1S/C18H25N3O4/c1-14(22)20-6-4-15(5-7-20)18(24)21-10-8-19(9-11-21)13-16(23)17-3-2-12-25-17/h2-3,12,15H,4-11,13H2,1H3. The van der Waals surface area contributed by atoms with Crippen LogP contribution in [0.25, 0.3) is 0 Å². The molecule has 2 saturated heterocycles. The van der Waals surface area contributed by atoms with E-state index in [0.29, 0.717) is 51.6 Å². The average molecular weight is 347 g/mol. The summed E-state index contributed by atoms with van der Waals surface area (Å²) in [4.78, 5) is 41.9. The van der Waals surface area contributed by atoms with Gasteiger partial charge in [-0.2, -0.15) is 0 Å². The minimum atomic E-state index is -0.0265. The van der Waals surface area contributed by atoms with Crippen LogP contribution in [0.4, 0.5) is 0 Å². The van der Waals surface area contributed by atoms with Crippen molar-refractivity contribution in [3.63, 3.8) is 0 Å². The van der Waals surface area contributed by atoms with Crippen LogP contribution in [0.15, 0.2) is 22.8 Å². The fraction of sp³-hybridized carbons (Fsp3) is 0.611. The predicted octanol–water partition coefficient (Wildman–Crippen LogP) is 0.865. The SMILES string of the molecule is CC(=O)N1CCC(C(=O)N2CCN(CC(=O)c3ccco3)CC2)CC1. The predicted molar refractivity (Wildman–Crippen MR) is 91.0 cm³/mol. The molecule has 7 heteroatoms. The molecule has 2 aliphatic rings. The Kier molecular flexibility index (Phi) is 5.53. The van der Waals surface area contributed by atoms with E-state index in [1.54, 1.807) is 19.1 Å². The molecule has 136 valence electrons. The van der Waals surface area contributed by atoms with E-state index < -0.39 is 0 Å². The Balaban J connectivity index is 1.43. The van der Waals surface area contributed by atoms with Gasteiger partial charge in [0.25, 0.3) is 0 Å². The molecule has 3 rings (SSSR count). The molecule has 7 nitrogen and oxygen atoms in total. The first-order valence-electron chi connectivity index (χ1n) is 8.88. The van der Waals surface area contributed by atoms with E-state index in [9.17, 15) is 14.4 Å². The molecule has 0 N–H and O–H groups in total. The lowest BCUT2D eigenvalue weighted by molar-refractivity contribution is -0.141. The first-order valence-corrected chi connectivity index (χ1v) is 8.88. The average Bonchev–Trinajstić information content (AvgIpc) is 3.17. The summed E-state index contributed by atoms with van der Waals surface area (Å²) in [5.74, 6) is 0.657. The van der Waals surface area contributed by atoms with Crippen molar-refractivity contribution in [2.45, 2.75) is 19.8 Å². The Morgan fingerprint density at radius 3 is 2.28 bits per heavy atom. The van der Waals surface area contributed by atoms with Crippen molar-refractivity contribution in [2.75, 3.05) is 45.8 Å². The lowest BCUT2D eigenvalue weighted by Gasteiger charge is -2.38. The minimum absolute atomic E-state index is 0.0203. The second kappa shape index (κ2) is 7.82. The van der Waals surface area contributed by atoms with E-state index >= 15 is 0 Å². The van der Waals surface area contributed by atoms with Gasteiger partial charge in [-0.1, -0.05) is 0 Å². The molecular formula is C18H25N3O4. The van der Waals surface area contributed by atoms with Crippen LogP contribution >= 0.6 is 0 Å². The molecule has 0 spiro atoms. The third kappa shape index (κ3) is 4.28. The number of piperazine rings is 1. The molecule has 0 radical (unpaired) electrons. The van der Waals surface area contributed by atoms with Crippen LogP contribution in [0.1, 0.15) is 30.3 Å². The van der Waals surface area contributed by atoms with E-state index in [2.05, 4.69) is 4.90 Å². The van der Waals surface area contributed by atoms with Gasteiger partial charge in [0.15, 0.2) is 5.76 Å². The van der Waals surface area contributed by atoms with Crippen LogP contribution in [0.5, 0.6) is 0 Å². The number of ketones is 1. The summed E-state index contributed by atoms with van der Waals surface area (Å²) in [7, 11) is 0. The maximum atomic E-state index is 12.7. The number of Topliss-reactive ketones (excluding diaryl/α,β-unsaturated/α-hetero) is 1. The largest absolute Gasteiger partial charge is 0.461 e. The zero-order chi connectivity index (χ0) is 17.8. The number of carbonyl (C=O) groups is 3. The fourth-order valence-electron chi connectivity index (χ4n) is 3.54. The molecule has 0 unspecified atom stereocenters. The molecule has 3 heterocycles. The van der Waals surface area contributed by atoms with Crippen LogP contribution in [0.2, 0.25) is 0 Å². The summed E-state index contributed by atoms with van der Waals surface area (Å²) in [6.45, 7) is 5.94. The van der Waals surface area contributed by atoms with Gasteiger partial charge in [0, 0.05) is 52.1 Å². The monoisotopic (exact) mass is 347 g/mol. The fourth-order valence-corrected chi connectivity index (χ4v) is 3.54. The van der Waals surface area contributed by atoms with Gasteiger partial charge in [0.1, 0.15) is 0 Å². The number of rotatable bonds is 4. The number of carbonyl (C=O) groups excluding carboxylic acids is 3. The number of amides is 2. The van der Waals surface area contributed by atoms with Crippen LogP contribution in [-0.4, -0.2) is 78.1 Å². The van der Waals surface area contributed by atoms with Crippen molar-refractivity contribution < 1.29 is 18.8 Å². The normalized spacial score (nSPS) is 19.9. The van der Waals surface area contributed by atoms with Gasteiger partial charge in [0.2, 0.25) is 17.6 Å². The molecule has 0 aliphatic carbocycles. The Labute approximate surface area is 147 Å². The molecule has 25 heavy (non-hydrogen) atoms. The summed E-state index contributed by atoms with van der Waals surface area (Å²) < 4.78 is 5.13. The Hall–Kier alpha value is -2.15. The van der Waals surface area contributed by atoms with Gasteiger partial charge in [-0.05, 0) is 25.0 Å². The Bertz CT molecular complexity index is 612. The quantitative estimate of drug-likeness (QED) is 0.756. The Morgan fingerprint density at radius 2 is 1.72 bits per heavy atom. The van der Waals surface area contributed by atoms with Gasteiger partial charge >= 0.3 is 0 Å². The lowest BCUT2D eigenvalue weighted by atomic mass is 9.95. The Morgan fingerprint density at radius 1 is 1.04 bits per heavy atom. The molecule has 0 atom stereocenters. The van der Waals surface area contributed by atoms with E-state index in [4.69, 9.17) is 4.42 Å². The molecule has 0 saturated carbocycles. The lowest BCUT2D eigenvalue weighted by Crippen LogP contribution is -2.52. The molecule has 2 aliphatic heterocycles. The van der Waals surface area contributed by atoms with Gasteiger partial charge in [-0.25, -0.2) is 0 Å². The molecule has 1 aromatic heterocycles. The van der Waals surface area contributed by atoms with Crippen molar-refractivity contribution in [3.8, 4) is 0 Å². The van der Waals surface area contributed by atoms with E-state index in [0.717, 1.165) is 12.8 Å². The smallest absolute Gasteiger partial charge is 0.225 e. The molecule has 2 fully saturated rings. The maximum absolute atomic E-state index is 12.7. The van der Waals surface area contributed by atoms with Crippen molar-refractivity contribution >= 4 is 17.6 Å². The summed E-state index contributed by atoms with van der Waals surface area (Å²) in [6, 6.07) is 3.39. The van der Waals surface area contributed by atoms with Gasteiger partial charge in [-0.3, -0.25) is 19.3 Å². The number of likely N-dealkylation sites (tertiary alicyclic amines) is 1. The highest BCUT2D eigenvalue weighted by molar-refractivity contribution is 5.95. The molecular weight excluding hydrogens is 322 g/mol. The highest BCUT2D eigenvalue weighted by Gasteiger charge is 2.31. The zero-order valence-electron chi connectivity index (χ0n) is 14.6. The first kappa shape index (κ1) is 17.7. The number of hydrogen-bond donors (Lipinski definition) is 0. The summed E-state index contributed by atoms with van der Waals surface area (Å²) in [5.41, 5.74) is 0. The second-order valence-electron chi connectivity index (χ2n) is 6.78. The summed E-state index contributed by atoms with van der Waals surface area (Å²) in [6.07, 6.45) is 2.99. The van der Waals surface area contributed by atoms with Crippen molar-refractivity contribution in [2.24, 2.45) is 5.92 Å². The summed E-state index contributed by atoms with van der Waals surface area (Å²) >= 11 is 0. The van der Waals surface area contributed by atoms with Crippen molar-refractivity contribution in [1.29, 1.82) is 0 Å². The number of nitrogens with zero attached hydrogens (tertiary/aromatic N) is 3. The topological polar surface area (TPSA) is 74.1 Å². The second-order valence-corrected chi connectivity index (χ2v) is 6.78. The maximum Gasteiger partial charge on any atom is 0.225 e. The first-order chi connectivity index (χ1) is 12.0. The zero-order valence-corrected chi connectivity index (χ0v) is 14.6. The third-order valence-electron chi connectivity index (χ3n) is 5.14. The van der Waals surface area contributed by atoms with Gasteiger partial charge < -0.3 is 14.2 Å². The molecule has 1 aromatic rings. The van der Waals surface area contributed by atoms with Crippen LogP contribution < -0.4 is 0 Å². The minimum Gasteiger partial charge on any atom is -0.461 e. The number of hydrogen-bond acceptors (Lipinski definition) is 5.